The summed E-state index contributed by atoms with van der Waals surface area (Å²) in [7, 11) is 0. The molecule has 0 amide bonds. The summed E-state index contributed by atoms with van der Waals surface area (Å²) in [5, 5.41) is 5.41. The van der Waals surface area contributed by atoms with E-state index in [2.05, 4.69) is 13.8 Å². The average Bonchev–Trinajstić information content (AvgIpc) is 2.04. The molecule has 0 bridgehead atoms. The SMILES string of the molecule is C[CH2][Ge]([CH2]C)([CH2]CN)[CH2]CN. The zero-order valence-electron chi connectivity index (χ0n) is 7.90. The predicted molar refractivity (Wildman–Crippen MR) is 54.4 cm³/mol. The minimum atomic E-state index is -1.49. The Balaban J connectivity index is 3.96. The summed E-state index contributed by atoms with van der Waals surface area (Å²) < 4.78 is 0. The number of hydrogen-bond donors (Lipinski definition) is 2. The molecule has 0 radical (unpaired) electrons. The van der Waals surface area contributed by atoms with Gasteiger partial charge in [0.05, 0.1) is 0 Å². The third-order valence-electron chi connectivity index (χ3n) is 2.85. The first-order chi connectivity index (χ1) is 5.24. The van der Waals surface area contributed by atoms with Crippen molar-refractivity contribution in [2.75, 3.05) is 13.1 Å². The van der Waals surface area contributed by atoms with Gasteiger partial charge in [0.1, 0.15) is 0 Å². The van der Waals surface area contributed by atoms with Crippen LogP contribution < -0.4 is 11.5 Å². The summed E-state index contributed by atoms with van der Waals surface area (Å²) >= 11 is -1.49. The van der Waals surface area contributed by atoms with Gasteiger partial charge >= 0.3 is 72.7 Å². The fourth-order valence-electron chi connectivity index (χ4n) is 1.69. The van der Waals surface area contributed by atoms with E-state index in [0.29, 0.717) is 0 Å². The molecule has 0 rings (SSSR count). The molecule has 0 fully saturated rings. The van der Waals surface area contributed by atoms with Gasteiger partial charge in [-0.2, -0.15) is 0 Å². The van der Waals surface area contributed by atoms with Gasteiger partial charge in [0.2, 0.25) is 0 Å². The van der Waals surface area contributed by atoms with E-state index >= 15 is 0 Å². The second-order valence-electron chi connectivity index (χ2n) is 3.28. The molecule has 4 N–H and O–H groups in total. The molecule has 0 saturated heterocycles. The van der Waals surface area contributed by atoms with Crippen LogP contribution in [0.3, 0.4) is 0 Å². The summed E-state index contributed by atoms with van der Waals surface area (Å²) in [5.74, 6) is 0. The monoisotopic (exact) mass is 220 g/mol. The number of nitrogens with two attached hydrogens (primary N) is 2. The molecule has 3 heteroatoms. The van der Waals surface area contributed by atoms with Crippen molar-refractivity contribution >= 4 is 13.3 Å². The van der Waals surface area contributed by atoms with Gasteiger partial charge < -0.3 is 0 Å². The summed E-state index contributed by atoms with van der Waals surface area (Å²) in [6.45, 7) is 6.38. The zero-order chi connectivity index (χ0) is 8.74. The van der Waals surface area contributed by atoms with Crippen LogP contribution in [0.15, 0.2) is 0 Å². The van der Waals surface area contributed by atoms with Gasteiger partial charge in [0, 0.05) is 0 Å². The molecule has 0 atom stereocenters. The van der Waals surface area contributed by atoms with Gasteiger partial charge in [-0.05, 0) is 0 Å². The topological polar surface area (TPSA) is 52.0 Å². The molecule has 68 valence electrons. The van der Waals surface area contributed by atoms with Crippen LogP contribution in [0.4, 0.5) is 0 Å². The van der Waals surface area contributed by atoms with Gasteiger partial charge in [-0.3, -0.25) is 0 Å². The fraction of sp³-hybridized carbons (Fsp3) is 1.00. The zero-order valence-corrected chi connectivity index (χ0v) is 10.00. The maximum atomic E-state index is 5.60. The summed E-state index contributed by atoms with van der Waals surface area (Å²) in [6.07, 6.45) is 0. The fourth-order valence-corrected chi connectivity index (χ4v) is 8.80. The molecule has 0 spiro atoms. The second kappa shape index (κ2) is 6.03. The Labute approximate surface area is 73.1 Å². The molecule has 2 nitrogen and oxygen atoms in total. The molecule has 0 aromatic rings. The van der Waals surface area contributed by atoms with Crippen molar-refractivity contribution in [1.29, 1.82) is 0 Å². The normalized spacial score (nSPS) is 12.0. The number of rotatable bonds is 6. The van der Waals surface area contributed by atoms with Crippen LogP contribution in [-0.2, 0) is 0 Å². The first-order valence-electron chi connectivity index (χ1n) is 4.64. The Hall–Kier alpha value is 0.463. The summed E-state index contributed by atoms with van der Waals surface area (Å²) in [5.41, 5.74) is 11.2. The van der Waals surface area contributed by atoms with Crippen molar-refractivity contribution in [2.45, 2.75) is 34.9 Å². The molecule has 0 unspecified atom stereocenters. The van der Waals surface area contributed by atoms with E-state index in [1.165, 1.54) is 21.0 Å². The molecule has 0 aromatic heterocycles. The Morgan fingerprint density at radius 3 is 1.45 bits per heavy atom. The van der Waals surface area contributed by atoms with Gasteiger partial charge in [-0.25, -0.2) is 0 Å². The van der Waals surface area contributed by atoms with E-state index in [0.717, 1.165) is 13.1 Å². The van der Waals surface area contributed by atoms with Crippen LogP contribution in [0.1, 0.15) is 13.8 Å². The summed E-state index contributed by atoms with van der Waals surface area (Å²) in [4.78, 5) is 0. The van der Waals surface area contributed by atoms with E-state index in [1.54, 1.807) is 0 Å². The quantitative estimate of drug-likeness (QED) is 0.663. The standard InChI is InChI=1S/C8H22GeN2/c1-3-9(4-2,5-7-10)6-8-11/h3-8,10-11H2,1-2H3. The van der Waals surface area contributed by atoms with E-state index in [-0.39, 0.29) is 0 Å². The van der Waals surface area contributed by atoms with Crippen molar-refractivity contribution in [3.63, 3.8) is 0 Å². The van der Waals surface area contributed by atoms with E-state index in [9.17, 15) is 0 Å². The molecule has 0 heterocycles. The molecule has 0 aliphatic carbocycles. The van der Waals surface area contributed by atoms with Gasteiger partial charge in [-0.1, -0.05) is 0 Å². The first-order valence-corrected chi connectivity index (χ1v) is 10.6. The third-order valence-corrected chi connectivity index (χ3v) is 14.8. The maximum absolute atomic E-state index is 5.60. The Bertz CT molecular complexity index is 84.1. The van der Waals surface area contributed by atoms with Crippen molar-refractivity contribution < 1.29 is 0 Å². The Kier molecular flexibility index (Phi) is 6.29. The van der Waals surface area contributed by atoms with E-state index in [1.807, 2.05) is 0 Å². The molecular formula is C8H22GeN2. The van der Waals surface area contributed by atoms with Crippen LogP contribution in [0.2, 0.25) is 21.0 Å². The molecule has 0 aliphatic heterocycles. The Morgan fingerprint density at radius 2 is 1.27 bits per heavy atom. The molecule has 11 heavy (non-hydrogen) atoms. The molecule has 0 saturated carbocycles. The third kappa shape index (κ3) is 3.58. The van der Waals surface area contributed by atoms with Crippen molar-refractivity contribution in [3.05, 3.63) is 0 Å². The minimum absolute atomic E-state index is 0.877. The number of hydrogen-bond acceptors (Lipinski definition) is 2. The van der Waals surface area contributed by atoms with Gasteiger partial charge in [-0.15, -0.1) is 0 Å². The predicted octanol–water partition coefficient (Wildman–Crippen LogP) is 1.39. The van der Waals surface area contributed by atoms with Crippen LogP contribution in [0.5, 0.6) is 0 Å². The van der Waals surface area contributed by atoms with E-state index in [4.69, 9.17) is 11.5 Å². The van der Waals surface area contributed by atoms with Crippen molar-refractivity contribution in [1.82, 2.24) is 0 Å². The van der Waals surface area contributed by atoms with Crippen LogP contribution in [0, 0.1) is 0 Å². The molecule has 0 aromatic carbocycles. The van der Waals surface area contributed by atoms with Crippen molar-refractivity contribution in [2.24, 2.45) is 11.5 Å². The van der Waals surface area contributed by atoms with Crippen LogP contribution in [0.25, 0.3) is 0 Å². The van der Waals surface area contributed by atoms with Crippen LogP contribution in [-0.4, -0.2) is 26.4 Å². The van der Waals surface area contributed by atoms with Crippen LogP contribution >= 0.6 is 0 Å². The van der Waals surface area contributed by atoms with Gasteiger partial charge in [0.25, 0.3) is 0 Å². The van der Waals surface area contributed by atoms with E-state index < -0.39 is 13.3 Å². The Morgan fingerprint density at radius 1 is 0.909 bits per heavy atom. The van der Waals surface area contributed by atoms with Gasteiger partial charge in [0.15, 0.2) is 0 Å². The van der Waals surface area contributed by atoms with Crippen molar-refractivity contribution in [3.8, 4) is 0 Å². The first kappa shape index (κ1) is 11.5. The molecular weight excluding hydrogens is 197 g/mol. The second-order valence-corrected chi connectivity index (χ2v) is 14.6. The average molecular weight is 219 g/mol. The summed E-state index contributed by atoms with van der Waals surface area (Å²) in [6, 6.07) is 0. The molecule has 0 aliphatic rings.